The predicted octanol–water partition coefficient (Wildman–Crippen LogP) is 5.09. The van der Waals surface area contributed by atoms with Gasteiger partial charge in [0.05, 0.1) is 5.75 Å². The zero-order valence-electron chi connectivity index (χ0n) is 15.9. The number of anilines is 1. The van der Waals surface area contributed by atoms with Gasteiger partial charge in [-0.1, -0.05) is 29.2 Å². The smallest absolute Gasteiger partial charge is 0.206 e. The number of thioether (sulfide) groups is 1. The Balaban J connectivity index is 1.33. The van der Waals surface area contributed by atoms with Crippen LogP contribution < -0.4 is 5.32 Å². The van der Waals surface area contributed by atoms with E-state index in [4.69, 9.17) is 0 Å². The number of carbonyl (C=O) groups is 1. The number of hydrogen-bond acceptors (Lipinski definition) is 9. The predicted molar refractivity (Wildman–Crippen MR) is 122 cm³/mol. The first-order valence-electron chi connectivity index (χ1n) is 8.96. The number of nitrogens with one attached hydrogen (secondary N) is 1. The molecule has 0 radical (unpaired) electrons. The van der Waals surface area contributed by atoms with Gasteiger partial charge in [-0.15, -0.1) is 32.9 Å². The van der Waals surface area contributed by atoms with Gasteiger partial charge < -0.3 is 5.32 Å². The standard InChI is InChI=1S/C19H19N5OS4/c1-12-10-15(13(2)24(12)18-21-7-9-27-18)16(25)11-28-19-23-22-17(29-19)20-6-5-14-4-3-8-26-14/h3-4,7-10H,5-6,11H2,1-2H3,(H,20,22). The Bertz CT molecular complexity index is 1080. The van der Waals surface area contributed by atoms with E-state index in [9.17, 15) is 4.79 Å². The molecular weight excluding hydrogens is 443 g/mol. The fraction of sp³-hybridized carbons (Fsp3) is 0.263. The molecule has 6 nitrogen and oxygen atoms in total. The molecule has 4 rings (SSSR count). The van der Waals surface area contributed by atoms with Crippen molar-refractivity contribution < 1.29 is 4.79 Å². The second-order valence-corrected chi connectivity index (χ2v) is 10.4. The zero-order valence-corrected chi connectivity index (χ0v) is 19.2. The van der Waals surface area contributed by atoms with Crippen LogP contribution in [-0.4, -0.2) is 37.8 Å². The van der Waals surface area contributed by atoms with Crippen molar-refractivity contribution in [2.45, 2.75) is 24.6 Å². The van der Waals surface area contributed by atoms with Crippen molar-refractivity contribution in [1.82, 2.24) is 19.7 Å². The van der Waals surface area contributed by atoms with Gasteiger partial charge in [-0.05, 0) is 37.8 Å². The van der Waals surface area contributed by atoms with Crippen LogP contribution in [0.5, 0.6) is 0 Å². The number of thiophene rings is 1. The average molecular weight is 462 g/mol. The number of Topliss-reactive ketones (excluding diaryl/α,β-unsaturated/α-hetero) is 1. The third kappa shape index (κ3) is 4.77. The van der Waals surface area contributed by atoms with Crippen LogP contribution in [-0.2, 0) is 6.42 Å². The van der Waals surface area contributed by atoms with Gasteiger partial charge >= 0.3 is 0 Å². The highest BCUT2D eigenvalue weighted by Gasteiger charge is 2.18. The molecule has 0 spiro atoms. The summed E-state index contributed by atoms with van der Waals surface area (Å²) in [5.74, 6) is 0.430. The number of ketones is 1. The second-order valence-electron chi connectivity index (χ2n) is 6.28. The van der Waals surface area contributed by atoms with Gasteiger partial charge in [0.25, 0.3) is 0 Å². The van der Waals surface area contributed by atoms with E-state index < -0.39 is 0 Å². The normalized spacial score (nSPS) is 11.1. The van der Waals surface area contributed by atoms with Gasteiger partial charge in [0.2, 0.25) is 5.13 Å². The minimum atomic E-state index is 0.0910. The first kappa shape index (κ1) is 20.3. The number of carbonyl (C=O) groups excluding carboxylic acids is 1. The Morgan fingerprint density at radius 2 is 2.14 bits per heavy atom. The van der Waals surface area contributed by atoms with Gasteiger partial charge in [-0.25, -0.2) is 4.98 Å². The molecule has 10 heteroatoms. The third-order valence-corrected chi connectivity index (χ3v) is 8.01. The number of thiazole rings is 1. The van der Waals surface area contributed by atoms with E-state index in [1.807, 2.05) is 29.9 Å². The molecule has 4 aromatic heterocycles. The molecule has 0 aliphatic rings. The molecule has 0 atom stereocenters. The van der Waals surface area contributed by atoms with E-state index in [0.717, 1.165) is 44.5 Å². The maximum atomic E-state index is 12.8. The first-order valence-corrected chi connectivity index (χ1v) is 12.5. The summed E-state index contributed by atoms with van der Waals surface area (Å²) in [4.78, 5) is 18.5. The SMILES string of the molecule is Cc1cc(C(=O)CSc2nnc(NCCc3cccs3)s2)c(C)n1-c1nccs1. The highest BCUT2D eigenvalue weighted by molar-refractivity contribution is 8.01. The quantitative estimate of drug-likeness (QED) is 0.276. The van der Waals surface area contributed by atoms with E-state index in [1.165, 1.54) is 28.0 Å². The fourth-order valence-electron chi connectivity index (χ4n) is 2.96. The summed E-state index contributed by atoms with van der Waals surface area (Å²) in [7, 11) is 0. The number of nitrogens with zero attached hydrogens (tertiary/aromatic N) is 4. The Labute approximate surface area is 185 Å². The Kier molecular flexibility index (Phi) is 6.43. The highest BCUT2D eigenvalue weighted by Crippen LogP contribution is 2.28. The van der Waals surface area contributed by atoms with E-state index in [1.54, 1.807) is 28.9 Å². The molecule has 0 aliphatic heterocycles. The Morgan fingerprint density at radius 3 is 2.90 bits per heavy atom. The highest BCUT2D eigenvalue weighted by atomic mass is 32.2. The molecule has 0 saturated heterocycles. The molecule has 29 heavy (non-hydrogen) atoms. The molecule has 0 amide bonds. The lowest BCUT2D eigenvalue weighted by molar-refractivity contribution is 0.102. The van der Waals surface area contributed by atoms with Crippen LogP contribution in [0.3, 0.4) is 0 Å². The van der Waals surface area contributed by atoms with Gasteiger partial charge in [0.15, 0.2) is 15.3 Å². The minimum absolute atomic E-state index is 0.0910. The van der Waals surface area contributed by atoms with Crippen molar-refractivity contribution in [2.75, 3.05) is 17.6 Å². The lowest BCUT2D eigenvalue weighted by Crippen LogP contribution is -2.05. The Hall–Kier alpha value is -2.01. The van der Waals surface area contributed by atoms with Crippen molar-refractivity contribution in [3.63, 3.8) is 0 Å². The summed E-state index contributed by atoms with van der Waals surface area (Å²) in [5.41, 5.74) is 2.68. The number of aromatic nitrogens is 4. The molecule has 0 saturated carbocycles. The van der Waals surface area contributed by atoms with Crippen LogP contribution in [0.4, 0.5) is 5.13 Å². The minimum Gasteiger partial charge on any atom is -0.360 e. The Morgan fingerprint density at radius 1 is 1.24 bits per heavy atom. The maximum Gasteiger partial charge on any atom is 0.206 e. The summed E-state index contributed by atoms with van der Waals surface area (Å²) < 4.78 is 2.83. The van der Waals surface area contributed by atoms with Crippen LogP contribution in [0.15, 0.2) is 39.5 Å². The van der Waals surface area contributed by atoms with Crippen LogP contribution in [0.25, 0.3) is 5.13 Å². The maximum absolute atomic E-state index is 12.8. The molecule has 1 N–H and O–H groups in total. The van der Waals surface area contributed by atoms with E-state index >= 15 is 0 Å². The molecule has 0 fully saturated rings. The lowest BCUT2D eigenvalue weighted by Gasteiger charge is -2.05. The van der Waals surface area contributed by atoms with E-state index in [-0.39, 0.29) is 5.78 Å². The van der Waals surface area contributed by atoms with Crippen LogP contribution in [0.1, 0.15) is 26.6 Å². The van der Waals surface area contributed by atoms with Gasteiger partial charge in [0, 0.05) is 40.0 Å². The number of aryl methyl sites for hydroxylation is 1. The van der Waals surface area contributed by atoms with Crippen LogP contribution >= 0.6 is 45.8 Å². The van der Waals surface area contributed by atoms with Crippen molar-refractivity contribution in [1.29, 1.82) is 0 Å². The van der Waals surface area contributed by atoms with Crippen molar-refractivity contribution in [3.05, 3.63) is 57.0 Å². The van der Waals surface area contributed by atoms with E-state index in [2.05, 4.69) is 38.0 Å². The van der Waals surface area contributed by atoms with Gasteiger partial charge in [-0.2, -0.15) is 0 Å². The molecule has 0 bridgehead atoms. The molecule has 0 aliphatic carbocycles. The van der Waals surface area contributed by atoms with Gasteiger partial charge in [0.1, 0.15) is 0 Å². The number of hydrogen-bond donors (Lipinski definition) is 1. The summed E-state index contributed by atoms with van der Waals surface area (Å²) in [5, 5.41) is 17.4. The molecule has 0 aromatic carbocycles. The molecular formula is C19H19N5OS4. The summed E-state index contributed by atoms with van der Waals surface area (Å²) >= 11 is 6.23. The third-order valence-electron chi connectivity index (χ3n) is 4.30. The summed E-state index contributed by atoms with van der Waals surface area (Å²) in [6.45, 7) is 4.78. The molecule has 4 aromatic rings. The number of rotatable bonds is 9. The van der Waals surface area contributed by atoms with Crippen LogP contribution in [0, 0.1) is 13.8 Å². The van der Waals surface area contributed by atoms with Crippen molar-refractivity contribution in [3.8, 4) is 5.13 Å². The monoisotopic (exact) mass is 461 g/mol. The largest absolute Gasteiger partial charge is 0.360 e. The zero-order chi connectivity index (χ0) is 20.2. The van der Waals surface area contributed by atoms with E-state index in [0.29, 0.717) is 5.75 Å². The van der Waals surface area contributed by atoms with Gasteiger partial charge in [-0.3, -0.25) is 9.36 Å². The molecule has 0 unspecified atom stereocenters. The second kappa shape index (κ2) is 9.21. The molecule has 150 valence electrons. The van der Waals surface area contributed by atoms with Crippen molar-refractivity contribution >= 4 is 56.7 Å². The fourth-order valence-corrected chi connectivity index (χ4v) is 6.08. The average Bonchev–Trinajstić information content (AvgIpc) is 3.48. The lowest BCUT2D eigenvalue weighted by atomic mass is 10.2. The first-order chi connectivity index (χ1) is 14.1. The van der Waals surface area contributed by atoms with Crippen molar-refractivity contribution in [2.24, 2.45) is 0 Å². The topological polar surface area (TPSA) is 72.7 Å². The summed E-state index contributed by atoms with van der Waals surface area (Å²) in [6.07, 6.45) is 2.74. The molecule has 4 heterocycles. The summed E-state index contributed by atoms with van der Waals surface area (Å²) in [6, 6.07) is 6.13. The van der Waals surface area contributed by atoms with Crippen LogP contribution in [0.2, 0.25) is 0 Å².